The van der Waals surface area contributed by atoms with Crippen molar-refractivity contribution in [2.75, 3.05) is 13.7 Å². The predicted octanol–water partition coefficient (Wildman–Crippen LogP) is 2.83. The summed E-state index contributed by atoms with van der Waals surface area (Å²) in [5.41, 5.74) is 2.70. The predicted molar refractivity (Wildman–Crippen MR) is 87.3 cm³/mol. The molecule has 2 aromatic rings. The minimum atomic E-state index is -0.382. The second-order valence-electron chi connectivity index (χ2n) is 5.59. The molecule has 0 atom stereocenters. The van der Waals surface area contributed by atoms with Crippen LogP contribution in [-0.2, 0) is 27.3 Å². The molecule has 0 aliphatic carbocycles. The number of halogens is 1. The molecule has 0 bridgehead atoms. The number of benzene rings is 1. The molecule has 0 saturated heterocycles. The van der Waals surface area contributed by atoms with Gasteiger partial charge in [-0.05, 0) is 30.7 Å². The number of carbonyl (C=O) groups excluding carboxylic acids is 2. The zero-order valence-electron chi connectivity index (χ0n) is 13.3. The molecule has 3 rings (SSSR count). The quantitative estimate of drug-likeness (QED) is 0.794. The van der Waals surface area contributed by atoms with Crippen LogP contribution in [-0.4, -0.2) is 35.6 Å². The molecule has 0 radical (unpaired) electrons. The third-order valence-corrected chi connectivity index (χ3v) is 4.32. The first-order chi connectivity index (χ1) is 11.6. The number of fused-ring (bicyclic) bond motifs is 1. The third-order valence-electron chi connectivity index (χ3n) is 4.07. The summed E-state index contributed by atoms with van der Waals surface area (Å²) >= 11 is 5.91. The van der Waals surface area contributed by atoms with Crippen LogP contribution in [0.15, 0.2) is 28.8 Å². The van der Waals surface area contributed by atoms with Gasteiger partial charge < -0.3 is 14.2 Å². The lowest BCUT2D eigenvalue weighted by atomic mass is 10.0. The van der Waals surface area contributed by atoms with Crippen molar-refractivity contribution in [2.45, 2.75) is 25.8 Å². The van der Waals surface area contributed by atoms with E-state index in [9.17, 15) is 9.59 Å². The van der Waals surface area contributed by atoms with E-state index in [0.29, 0.717) is 24.5 Å². The highest BCUT2D eigenvalue weighted by Crippen LogP contribution is 2.31. The molecule has 24 heavy (non-hydrogen) atoms. The van der Waals surface area contributed by atoms with Gasteiger partial charge in [0.1, 0.15) is 5.69 Å². The Morgan fingerprint density at radius 3 is 2.75 bits per heavy atom. The lowest BCUT2D eigenvalue weighted by molar-refractivity contribution is -0.143. The maximum absolute atomic E-state index is 12.2. The van der Waals surface area contributed by atoms with Crippen molar-refractivity contribution in [1.29, 1.82) is 0 Å². The topological polar surface area (TPSA) is 72.6 Å². The van der Waals surface area contributed by atoms with Crippen molar-refractivity contribution in [3.8, 4) is 11.3 Å². The van der Waals surface area contributed by atoms with E-state index in [1.165, 1.54) is 7.11 Å². The van der Waals surface area contributed by atoms with Gasteiger partial charge in [-0.3, -0.25) is 9.59 Å². The van der Waals surface area contributed by atoms with Crippen molar-refractivity contribution in [3.05, 3.63) is 40.5 Å². The van der Waals surface area contributed by atoms with Gasteiger partial charge >= 0.3 is 5.97 Å². The number of rotatable bonds is 4. The maximum Gasteiger partial charge on any atom is 0.306 e. The lowest BCUT2D eigenvalue weighted by Crippen LogP contribution is -2.36. The van der Waals surface area contributed by atoms with Crippen molar-refractivity contribution in [3.63, 3.8) is 0 Å². The summed E-state index contributed by atoms with van der Waals surface area (Å²) in [5.74, 6) is 0.262. The Morgan fingerprint density at radius 1 is 1.29 bits per heavy atom. The monoisotopic (exact) mass is 348 g/mol. The molecule has 126 valence electrons. The molecule has 0 unspecified atom stereocenters. The number of amides is 1. The number of hydrogen-bond donors (Lipinski definition) is 0. The molecule has 1 amide bonds. The number of hydrogen-bond acceptors (Lipinski definition) is 5. The fourth-order valence-electron chi connectivity index (χ4n) is 2.74. The van der Waals surface area contributed by atoms with E-state index in [4.69, 9.17) is 16.1 Å². The molecule has 0 N–H and O–H groups in total. The summed E-state index contributed by atoms with van der Waals surface area (Å²) in [6, 6.07) is 7.38. The zero-order valence-corrected chi connectivity index (χ0v) is 14.0. The minimum absolute atomic E-state index is 0.0814. The Balaban J connectivity index is 1.70. The van der Waals surface area contributed by atoms with Gasteiger partial charge in [-0.2, -0.15) is 0 Å². The standard InChI is InChI=1S/C17H17ClN2O4/c1-23-16(22)7-6-15(21)20-9-8-13-14(10-20)19-24-17(13)11-2-4-12(18)5-3-11/h2-5H,6-10H2,1H3. The van der Waals surface area contributed by atoms with E-state index >= 15 is 0 Å². The highest BCUT2D eigenvalue weighted by molar-refractivity contribution is 6.30. The average molecular weight is 349 g/mol. The van der Waals surface area contributed by atoms with Gasteiger partial charge in [0.25, 0.3) is 0 Å². The number of methoxy groups -OCH3 is 1. The molecule has 2 heterocycles. The van der Waals surface area contributed by atoms with E-state index in [2.05, 4.69) is 9.89 Å². The molecular weight excluding hydrogens is 332 g/mol. The Morgan fingerprint density at radius 2 is 2.04 bits per heavy atom. The van der Waals surface area contributed by atoms with Crippen LogP contribution >= 0.6 is 11.6 Å². The van der Waals surface area contributed by atoms with Gasteiger partial charge in [0.15, 0.2) is 5.76 Å². The smallest absolute Gasteiger partial charge is 0.306 e. The number of carbonyl (C=O) groups is 2. The normalized spacial score (nSPS) is 13.5. The van der Waals surface area contributed by atoms with Crippen LogP contribution in [0.4, 0.5) is 0 Å². The molecule has 0 spiro atoms. The fraction of sp³-hybridized carbons (Fsp3) is 0.353. The Kier molecular flexibility index (Phi) is 4.85. The van der Waals surface area contributed by atoms with Crippen LogP contribution in [0, 0.1) is 0 Å². The van der Waals surface area contributed by atoms with Gasteiger partial charge in [0.05, 0.1) is 20.1 Å². The number of nitrogens with zero attached hydrogens (tertiary/aromatic N) is 2. The van der Waals surface area contributed by atoms with Crippen molar-refractivity contribution < 1.29 is 18.8 Å². The summed E-state index contributed by atoms with van der Waals surface area (Å²) in [6.45, 7) is 0.973. The zero-order chi connectivity index (χ0) is 17.1. The van der Waals surface area contributed by atoms with Gasteiger partial charge in [0.2, 0.25) is 5.91 Å². The summed E-state index contributed by atoms with van der Waals surface area (Å²) in [7, 11) is 1.31. The van der Waals surface area contributed by atoms with Crippen LogP contribution in [0.2, 0.25) is 5.02 Å². The second-order valence-corrected chi connectivity index (χ2v) is 6.02. The average Bonchev–Trinajstić information content (AvgIpc) is 3.03. The van der Waals surface area contributed by atoms with Crippen molar-refractivity contribution in [1.82, 2.24) is 10.1 Å². The molecule has 1 aliphatic heterocycles. The largest absolute Gasteiger partial charge is 0.469 e. The Labute approximate surface area is 144 Å². The Bertz CT molecular complexity index is 754. The van der Waals surface area contributed by atoms with E-state index < -0.39 is 0 Å². The van der Waals surface area contributed by atoms with Crippen molar-refractivity contribution >= 4 is 23.5 Å². The summed E-state index contributed by atoms with van der Waals surface area (Å²) in [5, 5.41) is 4.77. The van der Waals surface area contributed by atoms with E-state index in [-0.39, 0.29) is 24.7 Å². The van der Waals surface area contributed by atoms with Crippen LogP contribution in [0.5, 0.6) is 0 Å². The van der Waals surface area contributed by atoms with Crippen LogP contribution in [0.1, 0.15) is 24.1 Å². The van der Waals surface area contributed by atoms with E-state index in [0.717, 1.165) is 22.6 Å². The highest BCUT2D eigenvalue weighted by Gasteiger charge is 2.27. The summed E-state index contributed by atoms with van der Waals surface area (Å²) in [4.78, 5) is 25.0. The summed E-state index contributed by atoms with van der Waals surface area (Å²) in [6.07, 6.45) is 0.901. The first kappa shape index (κ1) is 16.5. The number of esters is 1. The second kappa shape index (κ2) is 7.05. The molecule has 6 nitrogen and oxygen atoms in total. The molecular formula is C17H17ClN2O4. The van der Waals surface area contributed by atoms with Gasteiger partial charge in [-0.25, -0.2) is 0 Å². The lowest BCUT2D eigenvalue weighted by Gasteiger charge is -2.26. The number of ether oxygens (including phenoxy) is 1. The van der Waals surface area contributed by atoms with Gasteiger partial charge in [-0.1, -0.05) is 16.8 Å². The van der Waals surface area contributed by atoms with Crippen molar-refractivity contribution in [2.24, 2.45) is 0 Å². The third kappa shape index (κ3) is 3.43. The first-order valence-corrected chi connectivity index (χ1v) is 8.04. The Hall–Kier alpha value is -2.34. The van der Waals surface area contributed by atoms with E-state index in [1.807, 2.05) is 12.1 Å². The van der Waals surface area contributed by atoms with Crippen LogP contribution in [0.25, 0.3) is 11.3 Å². The molecule has 0 saturated carbocycles. The molecule has 1 aromatic heterocycles. The first-order valence-electron chi connectivity index (χ1n) is 7.66. The maximum atomic E-state index is 12.2. The van der Waals surface area contributed by atoms with E-state index in [1.54, 1.807) is 17.0 Å². The molecule has 7 heteroatoms. The van der Waals surface area contributed by atoms with Gasteiger partial charge in [-0.15, -0.1) is 0 Å². The highest BCUT2D eigenvalue weighted by atomic mass is 35.5. The molecule has 1 aliphatic rings. The fourth-order valence-corrected chi connectivity index (χ4v) is 2.87. The van der Waals surface area contributed by atoms with Gasteiger partial charge in [0, 0.05) is 29.1 Å². The summed E-state index contributed by atoms with van der Waals surface area (Å²) < 4.78 is 10.0. The van der Waals surface area contributed by atoms with Crippen LogP contribution in [0.3, 0.4) is 0 Å². The van der Waals surface area contributed by atoms with Crippen LogP contribution < -0.4 is 0 Å². The molecule has 0 fully saturated rings. The number of aromatic nitrogens is 1. The minimum Gasteiger partial charge on any atom is -0.469 e. The molecule has 1 aromatic carbocycles. The SMILES string of the molecule is COC(=O)CCC(=O)N1CCc2c(noc2-c2ccc(Cl)cc2)C1.